The molecule has 0 unspecified atom stereocenters. The Labute approximate surface area is 148 Å². The fourth-order valence-corrected chi connectivity index (χ4v) is 2.86. The highest BCUT2D eigenvalue weighted by Gasteiger charge is 2.19. The molecule has 0 aliphatic rings. The minimum absolute atomic E-state index is 0.0649. The van der Waals surface area contributed by atoms with Gasteiger partial charge in [-0.2, -0.15) is 0 Å². The molecule has 1 N–H and O–H groups in total. The van der Waals surface area contributed by atoms with Crippen molar-refractivity contribution >= 4 is 51.5 Å². The maximum atomic E-state index is 12.2. The van der Waals surface area contributed by atoms with E-state index in [-0.39, 0.29) is 17.0 Å². The van der Waals surface area contributed by atoms with Crippen molar-refractivity contribution in [1.82, 2.24) is 9.88 Å². The van der Waals surface area contributed by atoms with Gasteiger partial charge in [-0.15, -0.1) is 11.3 Å². The smallest absolute Gasteiger partial charge is 0.273 e. The zero-order valence-corrected chi connectivity index (χ0v) is 15.1. The van der Waals surface area contributed by atoms with E-state index >= 15 is 0 Å². The summed E-state index contributed by atoms with van der Waals surface area (Å²) in [6.45, 7) is 3.82. The molecule has 2 aromatic rings. The summed E-state index contributed by atoms with van der Waals surface area (Å²) >= 11 is 13.0. The molecule has 8 heteroatoms. The molecule has 0 aliphatic carbocycles. The maximum absolute atomic E-state index is 12.2. The van der Waals surface area contributed by atoms with Crippen molar-refractivity contribution < 1.29 is 9.59 Å². The fourth-order valence-electron chi connectivity index (χ4n) is 1.68. The fraction of sp³-hybridized carbons (Fsp3) is 0.267. The number of hydrogen-bond acceptors (Lipinski definition) is 4. The Bertz CT molecular complexity index is 746. The molecule has 23 heavy (non-hydrogen) atoms. The summed E-state index contributed by atoms with van der Waals surface area (Å²) in [6, 6.07) is 4.67. The Hall–Kier alpha value is -1.63. The number of nitrogens with zero attached hydrogens (tertiary/aromatic N) is 2. The minimum atomic E-state index is -0.405. The van der Waals surface area contributed by atoms with E-state index in [0.29, 0.717) is 21.4 Å². The van der Waals surface area contributed by atoms with E-state index < -0.39 is 5.91 Å². The van der Waals surface area contributed by atoms with Crippen LogP contribution in [0.1, 0.15) is 34.7 Å². The van der Waals surface area contributed by atoms with Crippen LogP contribution in [-0.2, 0) is 0 Å². The number of nitrogens with one attached hydrogen (secondary N) is 1. The summed E-state index contributed by atoms with van der Waals surface area (Å²) in [4.78, 5) is 30.1. The summed E-state index contributed by atoms with van der Waals surface area (Å²) in [5.74, 6) is -0.599. The van der Waals surface area contributed by atoms with E-state index in [1.54, 1.807) is 23.4 Å². The monoisotopic (exact) mass is 371 g/mol. The van der Waals surface area contributed by atoms with Gasteiger partial charge in [-0.25, -0.2) is 4.98 Å². The van der Waals surface area contributed by atoms with Gasteiger partial charge in [0.15, 0.2) is 5.13 Å². The molecule has 0 bridgehead atoms. The third-order valence-electron chi connectivity index (χ3n) is 3.21. The Morgan fingerprint density at radius 3 is 2.61 bits per heavy atom. The highest BCUT2D eigenvalue weighted by Crippen LogP contribution is 2.23. The number of rotatable bonds is 4. The van der Waals surface area contributed by atoms with Crippen LogP contribution in [0.2, 0.25) is 10.0 Å². The summed E-state index contributed by atoms with van der Waals surface area (Å²) in [6.07, 6.45) is 0. The number of carbonyl (C=O) groups is 2. The Balaban J connectivity index is 2.12. The van der Waals surface area contributed by atoms with Crippen LogP contribution in [0.5, 0.6) is 0 Å². The number of halogens is 2. The molecule has 0 radical (unpaired) electrons. The van der Waals surface area contributed by atoms with E-state index in [2.05, 4.69) is 10.3 Å². The highest BCUT2D eigenvalue weighted by atomic mass is 35.5. The normalized spacial score (nSPS) is 10.7. The number of benzene rings is 1. The standard InChI is InChI=1S/C15H15Cl2N3O2S/c1-8(2)20(3)14(22)12-7-23-15(18-12)19-13(21)10-5-4-9(16)6-11(10)17/h4-8H,1-3H3,(H,18,19,21). The zero-order valence-electron chi connectivity index (χ0n) is 12.8. The average molecular weight is 372 g/mol. The van der Waals surface area contributed by atoms with Gasteiger partial charge in [0, 0.05) is 23.5 Å². The van der Waals surface area contributed by atoms with Gasteiger partial charge in [0.1, 0.15) is 5.69 Å². The van der Waals surface area contributed by atoms with Crippen LogP contribution in [0.25, 0.3) is 0 Å². The van der Waals surface area contributed by atoms with E-state index in [9.17, 15) is 9.59 Å². The predicted octanol–water partition coefficient (Wildman–Crippen LogP) is 4.18. The van der Waals surface area contributed by atoms with Gasteiger partial charge in [0.2, 0.25) is 0 Å². The van der Waals surface area contributed by atoms with Gasteiger partial charge in [0.25, 0.3) is 11.8 Å². The van der Waals surface area contributed by atoms with Crippen molar-refractivity contribution in [3.63, 3.8) is 0 Å². The molecule has 0 saturated carbocycles. The lowest BCUT2D eigenvalue weighted by Crippen LogP contribution is -2.33. The lowest BCUT2D eigenvalue weighted by atomic mass is 10.2. The van der Waals surface area contributed by atoms with Gasteiger partial charge >= 0.3 is 0 Å². The molecule has 2 rings (SSSR count). The first-order chi connectivity index (χ1) is 10.8. The lowest BCUT2D eigenvalue weighted by Gasteiger charge is -2.19. The first-order valence-electron chi connectivity index (χ1n) is 6.78. The van der Waals surface area contributed by atoms with Crippen molar-refractivity contribution in [2.75, 3.05) is 12.4 Å². The zero-order chi connectivity index (χ0) is 17.1. The number of carbonyl (C=O) groups excluding carboxylic acids is 2. The largest absolute Gasteiger partial charge is 0.338 e. The third-order valence-corrected chi connectivity index (χ3v) is 4.52. The molecule has 2 amide bonds. The van der Waals surface area contributed by atoms with E-state index in [0.717, 1.165) is 0 Å². The molecule has 0 spiro atoms. The number of anilines is 1. The first-order valence-corrected chi connectivity index (χ1v) is 8.42. The Kier molecular flexibility index (Phi) is 5.62. The van der Waals surface area contributed by atoms with Crippen LogP contribution in [0, 0.1) is 0 Å². The number of thiazole rings is 1. The van der Waals surface area contributed by atoms with Gasteiger partial charge in [-0.1, -0.05) is 23.2 Å². The predicted molar refractivity (Wildman–Crippen MR) is 93.8 cm³/mol. The minimum Gasteiger partial charge on any atom is -0.338 e. The van der Waals surface area contributed by atoms with Gasteiger partial charge in [0.05, 0.1) is 10.6 Å². The first kappa shape index (κ1) is 17.7. The SMILES string of the molecule is CC(C)N(C)C(=O)c1csc(NC(=O)c2ccc(Cl)cc2Cl)n1. The highest BCUT2D eigenvalue weighted by molar-refractivity contribution is 7.14. The Morgan fingerprint density at radius 1 is 1.30 bits per heavy atom. The van der Waals surface area contributed by atoms with Gasteiger partial charge < -0.3 is 4.90 Å². The molecule has 0 fully saturated rings. The quantitative estimate of drug-likeness (QED) is 0.876. The van der Waals surface area contributed by atoms with Gasteiger partial charge in [-0.3, -0.25) is 14.9 Å². The summed E-state index contributed by atoms with van der Waals surface area (Å²) < 4.78 is 0. The molecule has 0 aliphatic heterocycles. The van der Waals surface area contributed by atoms with Crippen molar-refractivity contribution in [3.8, 4) is 0 Å². The summed E-state index contributed by atoms with van der Waals surface area (Å²) in [5, 5.41) is 5.28. The van der Waals surface area contributed by atoms with Crippen LogP contribution in [0.3, 0.4) is 0 Å². The van der Waals surface area contributed by atoms with Crippen LogP contribution in [-0.4, -0.2) is 34.8 Å². The Morgan fingerprint density at radius 2 is 2.00 bits per heavy atom. The number of amides is 2. The average Bonchev–Trinajstić information content (AvgIpc) is 2.93. The molecular weight excluding hydrogens is 357 g/mol. The molecule has 0 atom stereocenters. The molecule has 1 aromatic heterocycles. The van der Waals surface area contributed by atoms with Crippen LogP contribution < -0.4 is 5.32 Å². The van der Waals surface area contributed by atoms with Crippen LogP contribution in [0.15, 0.2) is 23.6 Å². The van der Waals surface area contributed by atoms with Crippen molar-refractivity contribution in [2.24, 2.45) is 0 Å². The molecule has 5 nitrogen and oxygen atoms in total. The molecule has 122 valence electrons. The van der Waals surface area contributed by atoms with Crippen molar-refractivity contribution in [3.05, 3.63) is 44.9 Å². The van der Waals surface area contributed by atoms with E-state index in [1.807, 2.05) is 13.8 Å². The summed E-state index contributed by atoms with van der Waals surface area (Å²) in [5.41, 5.74) is 0.585. The van der Waals surface area contributed by atoms with Crippen LogP contribution in [0.4, 0.5) is 5.13 Å². The van der Waals surface area contributed by atoms with Gasteiger partial charge in [-0.05, 0) is 32.0 Å². The van der Waals surface area contributed by atoms with Crippen molar-refractivity contribution in [2.45, 2.75) is 19.9 Å². The second kappa shape index (κ2) is 7.29. The molecular formula is C15H15Cl2N3O2S. The van der Waals surface area contributed by atoms with E-state index in [1.165, 1.54) is 23.5 Å². The third kappa shape index (κ3) is 4.22. The molecule has 0 saturated heterocycles. The number of hydrogen-bond donors (Lipinski definition) is 1. The second-order valence-corrected chi connectivity index (χ2v) is 6.83. The molecule has 1 aromatic carbocycles. The molecule has 1 heterocycles. The topological polar surface area (TPSA) is 62.3 Å². The van der Waals surface area contributed by atoms with E-state index in [4.69, 9.17) is 23.2 Å². The van der Waals surface area contributed by atoms with Crippen LogP contribution >= 0.6 is 34.5 Å². The lowest BCUT2D eigenvalue weighted by molar-refractivity contribution is 0.0749. The maximum Gasteiger partial charge on any atom is 0.273 e. The van der Waals surface area contributed by atoms with Crippen molar-refractivity contribution in [1.29, 1.82) is 0 Å². The second-order valence-electron chi connectivity index (χ2n) is 5.13. The number of aromatic nitrogens is 1. The summed E-state index contributed by atoms with van der Waals surface area (Å²) in [7, 11) is 1.71.